The van der Waals surface area contributed by atoms with Crippen molar-refractivity contribution in [2.24, 2.45) is 20.5 Å². The highest BCUT2D eigenvalue weighted by Gasteiger charge is 2.28. The minimum atomic E-state index is -5.28. The minimum absolute atomic E-state index is 0.0344. The Morgan fingerprint density at radius 2 is 0.967 bits per heavy atom. The molecule has 34 nitrogen and oxygen atoms in total. The van der Waals surface area contributed by atoms with E-state index in [1.165, 1.54) is 72.8 Å². The Labute approximate surface area is 516 Å². The first-order valence-corrected chi connectivity index (χ1v) is 31.9. The number of hydrogen-bond donors (Lipinski definition) is 12. The molecule has 2 heterocycles. The van der Waals surface area contributed by atoms with Crippen LogP contribution in [0.2, 0.25) is 0 Å². The molecular weight excluding hydrogens is 1340 g/mol. The lowest BCUT2D eigenvalue weighted by Crippen LogP contribution is -2.27. The Balaban J connectivity index is 0.832. The molecule has 0 radical (unpaired) electrons. The first kappa shape index (κ1) is 64.8. The average molecular weight is 1370 g/mol. The smallest absolute Gasteiger partial charge is 0.315 e. The molecule has 0 amide bonds. The third-order valence-corrected chi connectivity index (χ3v) is 17.5. The summed E-state index contributed by atoms with van der Waals surface area (Å²) in [4.78, 5) is 19.7. The van der Waals surface area contributed by atoms with Gasteiger partial charge in [0.1, 0.15) is 42.3 Å². The van der Waals surface area contributed by atoms with Crippen LogP contribution in [0.5, 0.6) is 11.5 Å². The molecule has 0 saturated carbocycles. The fourth-order valence-electron chi connectivity index (χ4n) is 8.93. The van der Waals surface area contributed by atoms with Gasteiger partial charge in [-0.3, -0.25) is 18.2 Å². The van der Waals surface area contributed by atoms with Crippen LogP contribution in [-0.4, -0.2) is 115 Å². The summed E-state index contributed by atoms with van der Waals surface area (Å²) in [5.74, 6) is -2.81. The molecule has 91 heavy (non-hydrogen) atoms. The molecule has 8 aromatic carbocycles. The van der Waals surface area contributed by atoms with Gasteiger partial charge in [0.25, 0.3) is 40.5 Å². The molecule has 0 aliphatic carbocycles. The van der Waals surface area contributed by atoms with E-state index in [1.54, 1.807) is 6.92 Å². The summed E-state index contributed by atoms with van der Waals surface area (Å²) in [6, 6.07) is 21.4. The molecule has 0 fully saturated rings. The van der Waals surface area contributed by atoms with Crippen LogP contribution in [-0.2, 0) is 59.2 Å². The van der Waals surface area contributed by atoms with E-state index in [4.69, 9.17) is 10.5 Å². The van der Waals surface area contributed by atoms with E-state index in [1.807, 2.05) is 0 Å². The SMILES string of the molecule is CC(CNc1nc(F)nc(Nc2ccc3c(O)c(/N=N/c4ccc5c(SOOO)cccc5c4S(=O)(=O)O)c(SOOO)cc3c2)n1)Nc1nc(F)nc(Nc2ccc3c(O)c(/N=N/c4ccc5c(S(=O)(=O)O)cccc5c4S(=O)(=O)O)c(S(=O)(=O)O)cc3c2)n1. The third kappa shape index (κ3) is 14.5. The number of halogens is 2. The molecule has 0 aliphatic heterocycles. The second-order valence-electron chi connectivity index (χ2n) is 18.5. The minimum Gasteiger partial charge on any atom is -0.505 e. The quantitative estimate of drug-likeness (QED) is 0.00930. The van der Waals surface area contributed by atoms with Crippen LogP contribution in [0.3, 0.4) is 0 Å². The summed E-state index contributed by atoms with van der Waals surface area (Å²) >= 11 is 0.880. The number of phenolic OH excluding ortho intramolecular Hbond substituents is 2. The van der Waals surface area contributed by atoms with Gasteiger partial charge in [0.15, 0.2) is 11.5 Å². The monoisotopic (exact) mass is 1370 g/mol. The predicted molar refractivity (Wildman–Crippen MR) is 316 cm³/mol. The van der Waals surface area contributed by atoms with Gasteiger partial charge in [0, 0.05) is 55.8 Å². The van der Waals surface area contributed by atoms with Gasteiger partial charge >= 0.3 is 12.2 Å². The molecule has 0 spiro atoms. The third-order valence-electron chi connectivity index (χ3n) is 12.6. The van der Waals surface area contributed by atoms with Crippen LogP contribution >= 0.6 is 24.1 Å². The fraction of sp³-hybridized carbons (Fsp3) is 0.0612. The first-order chi connectivity index (χ1) is 43.1. The first-order valence-electron chi connectivity index (χ1n) is 24.7. The number of phenols is 2. The van der Waals surface area contributed by atoms with E-state index >= 15 is 0 Å². The Kier molecular flexibility index (Phi) is 18.5. The number of aromatic hydroxyl groups is 2. The maximum absolute atomic E-state index is 14.9. The highest BCUT2D eigenvalue weighted by molar-refractivity contribution is 7.95. The molecule has 1 unspecified atom stereocenters. The number of nitrogens with zero attached hydrogens (tertiary/aromatic N) is 10. The number of hydrogen-bond acceptors (Lipinski definition) is 32. The van der Waals surface area contributed by atoms with Gasteiger partial charge < -0.3 is 31.5 Å². The van der Waals surface area contributed by atoms with Crippen molar-refractivity contribution in [1.29, 1.82) is 0 Å². The number of benzene rings is 8. The molecule has 42 heteroatoms. The van der Waals surface area contributed by atoms with E-state index in [-0.39, 0.29) is 94.6 Å². The van der Waals surface area contributed by atoms with Crippen LogP contribution < -0.4 is 21.3 Å². The van der Waals surface area contributed by atoms with Crippen LogP contribution in [0, 0.1) is 12.2 Å². The number of anilines is 6. The Hall–Kier alpha value is -9.22. The molecule has 0 saturated heterocycles. The average Bonchev–Trinajstić information content (AvgIpc) is 0.799. The zero-order chi connectivity index (χ0) is 65.3. The summed E-state index contributed by atoms with van der Waals surface area (Å²) in [7, 11) is -20.5. The van der Waals surface area contributed by atoms with Crippen molar-refractivity contribution in [2.45, 2.75) is 42.3 Å². The molecule has 0 aliphatic rings. The van der Waals surface area contributed by atoms with Gasteiger partial charge in [-0.05, 0) is 95.9 Å². The van der Waals surface area contributed by atoms with Crippen LogP contribution in [0.4, 0.5) is 66.7 Å². The number of rotatable bonds is 23. The number of fused-ring (bicyclic) bond motifs is 4. The largest absolute Gasteiger partial charge is 0.505 e. The summed E-state index contributed by atoms with van der Waals surface area (Å²) < 4.78 is 179. The van der Waals surface area contributed by atoms with Gasteiger partial charge in [-0.25, -0.2) is 10.5 Å². The molecule has 1 atom stereocenters. The summed E-state index contributed by atoms with van der Waals surface area (Å²) in [6.45, 7) is 1.48. The van der Waals surface area contributed by atoms with Crippen molar-refractivity contribution < 1.29 is 100 Å². The number of aromatic nitrogens is 6. The van der Waals surface area contributed by atoms with Crippen molar-refractivity contribution in [2.75, 3.05) is 27.8 Å². The van der Waals surface area contributed by atoms with Crippen molar-refractivity contribution in [3.8, 4) is 11.5 Å². The van der Waals surface area contributed by atoms with Gasteiger partial charge in [0.2, 0.25) is 23.8 Å². The van der Waals surface area contributed by atoms with Crippen LogP contribution in [0.15, 0.2) is 159 Å². The molecule has 2 aromatic heterocycles. The lowest BCUT2D eigenvalue weighted by Gasteiger charge is -2.16. The summed E-state index contributed by atoms with van der Waals surface area (Å²) in [5, 5.41) is 73.9. The topological polar surface area (TPSA) is 510 Å². The summed E-state index contributed by atoms with van der Waals surface area (Å²) in [5.41, 5.74) is -2.04. The Morgan fingerprint density at radius 1 is 0.495 bits per heavy atom. The van der Waals surface area contributed by atoms with Crippen molar-refractivity contribution in [3.05, 3.63) is 121 Å². The zero-order valence-electron chi connectivity index (χ0n) is 44.8. The molecule has 12 N–H and O–H groups in total. The molecule has 0 bridgehead atoms. The van der Waals surface area contributed by atoms with Gasteiger partial charge in [0.05, 0.1) is 29.0 Å². The van der Waals surface area contributed by atoms with Crippen molar-refractivity contribution >= 4 is 166 Å². The second kappa shape index (κ2) is 25.9. The van der Waals surface area contributed by atoms with E-state index in [0.717, 1.165) is 36.4 Å². The van der Waals surface area contributed by atoms with E-state index in [2.05, 4.69) is 90.4 Å². The number of azo groups is 2. The summed E-state index contributed by atoms with van der Waals surface area (Å²) in [6.07, 6.45) is -2.52. The lowest BCUT2D eigenvalue weighted by atomic mass is 10.1. The molecule has 10 rings (SSSR count). The second-order valence-corrected chi connectivity index (χ2v) is 25.5. The van der Waals surface area contributed by atoms with Gasteiger partial charge in [-0.15, -0.1) is 29.1 Å². The van der Waals surface area contributed by atoms with Crippen molar-refractivity contribution in [1.82, 2.24) is 29.9 Å². The lowest BCUT2D eigenvalue weighted by molar-refractivity contribution is -0.432. The van der Waals surface area contributed by atoms with E-state index in [9.17, 15) is 70.9 Å². The number of nitrogens with one attached hydrogen (secondary N) is 4. The highest BCUT2D eigenvalue weighted by Crippen LogP contribution is 2.47. The molecule has 472 valence electrons. The van der Waals surface area contributed by atoms with Gasteiger partial charge in [-0.2, -0.15) is 72.4 Å². The highest BCUT2D eigenvalue weighted by atomic mass is 32.2. The van der Waals surface area contributed by atoms with E-state index in [0.29, 0.717) is 24.1 Å². The van der Waals surface area contributed by atoms with Crippen molar-refractivity contribution in [3.63, 3.8) is 0 Å². The Morgan fingerprint density at radius 3 is 1.53 bits per heavy atom. The maximum Gasteiger partial charge on any atom is 0.315 e. The van der Waals surface area contributed by atoms with Crippen LogP contribution in [0.1, 0.15) is 6.92 Å². The zero-order valence-corrected chi connectivity index (χ0v) is 49.7. The normalized spacial score (nSPS) is 12.8. The molecule has 10 aromatic rings. The Bertz CT molecular complexity index is 5150. The fourth-order valence-corrected chi connectivity index (χ4v) is 13.0. The van der Waals surface area contributed by atoms with Crippen LogP contribution in [0.25, 0.3) is 43.1 Å². The molecular formula is C49H36F2N14O20S6. The maximum atomic E-state index is 14.9. The predicted octanol–water partition coefficient (Wildman–Crippen LogP) is 10.4. The van der Waals surface area contributed by atoms with Gasteiger partial charge in [-0.1, -0.05) is 46.5 Å². The van der Waals surface area contributed by atoms with E-state index < -0.39 is 112 Å². The standard InChI is InChI=1S/C49H36F2N14O20S6/c1-21(53-47-57-45(51)59-49(61-47)55-25-9-11-27-23(17-25)19-37(89(73,74)75)39(41(27)67)65-63-33-15-13-29-31(43(33)91(79,80)81)5-3-7-36(29)88(70,71)72)20-52-46-56-44(50)58-48(60-46)54-24-8-10-26-22(16-24)18-35(87-85-83-69)38(40(26)66)64-62-32-14-12-28-30(42(32)90(76,77)78)4-2-6-34(28)86-84-82-68/h2-19,21,66-69H,20H2,1H3,(H,70,71,72)(H,73,74,75)(H,76,77,78)(H,79,80,81)(H2,52,54,56,58,60)(H2,53,55,57,59,61)/b64-62+,65-63+.